The lowest BCUT2D eigenvalue weighted by Gasteiger charge is -2.29. The zero-order chi connectivity index (χ0) is 46.9. The molecule has 2 atom stereocenters. The quantitative estimate of drug-likeness (QED) is 0.0281. The number of hydrogen-bond donors (Lipinski definition) is 1. The summed E-state index contributed by atoms with van der Waals surface area (Å²) in [5, 5.41) is 3.35. The van der Waals surface area contributed by atoms with Crippen molar-refractivity contribution in [1.29, 1.82) is 0 Å². The highest BCUT2D eigenvalue weighted by Gasteiger charge is 2.43. The number of ether oxygens (including phenoxy) is 4. The molecule has 0 amide bonds. The number of rotatable bonds is 19. The van der Waals surface area contributed by atoms with Crippen molar-refractivity contribution in [3.8, 4) is 17.2 Å². The van der Waals surface area contributed by atoms with Gasteiger partial charge in [-0.1, -0.05) is 59.7 Å². The van der Waals surface area contributed by atoms with Crippen LogP contribution in [0.15, 0.2) is 97.1 Å². The number of halogens is 6. The highest BCUT2D eigenvalue weighted by atomic mass is 32.2. The smallest absolute Gasteiger partial charge is 0.420 e. The lowest BCUT2D eigenvalue weighted by atomic mass is 9.85. The molecular weight excluding hydrogens is 897 g/mol. The fourth-order valence-electron chi connectivity index (χ4n) is 6.97. The highest BCUT2D eigenvalue weighted by Crippen LogP contribution is 2.46. The van der Waals surface area contributed by atoms with E-state index in [1.807, 2.05) is 0 Å². The van der Waals surface area contributed by atoms with E-state index in [-0.39, 0.29) is 47.2 Å². The van der Waals surface area contributed by atoms with E-state index < -0.39 is 42.4 Å². The molecule has 1 N–H and O–H groups in total. The van der Waals surface area contributed by atoms with Gasteiger partial charge in [0.1, 0.15) is 23.2 Å². The molecule has 65 heavy (non-hydrogen) atoms. The summed E-state index contributed by atoms with van der Waals surface area (Å²) in [6.45, 7) is 7.24. The van der Waals surface area contributed by atoms with Gasteiger partial charge in [0.15, 0.2) is 12.2 Å². The first-order valence-electron chi connectivity index (χ1n) is 20.5. The van der Waals surface area contributed by atoms with Gasteiger partial charge in [0, 0.05) is 22.9 Å². The van der Waals surface area contributed by atoms with Crippen molar-refractivity contribution in [1.82, 2.24) is 0 Å². The van der Waals surface area contributed by atoms with Crippen molar-refractivity contribution in [2.75, 3.05) is 37.1 Å². The van der Waals surface area contributed by atoms with Gasteiger partial charge in [-0.25, -0.2) is 4.79 Å². The van der Waals surface area contributed by atoms with Crippen LogP contribution in [-0.4, -0.2) is 56.1 Å². The van der Waals surface area contributed by atoms with Gasteiger partial charge in [-0.3, -0.25) is 13.2 Å². The minimum Gasteiger partial charge on any atom is -0.494 e. The van der Waals surface area contributed by atoms with Crippen molar-refractivity contribution in [3.05, 3.63) is 147 Å². The molecule has 9 nitrogen and oxygen atoms in total. The van der Waals surface area contributed by atoms with Crippen LogP contribution in [-0.2, 0) is 17.9 Å². The fourth-order valence-corrected chi connectivity index (χ4v) is 8.34. The number of hydrogen-bond acceptors (Lipinski definition) is 11. The summed E-state index contributed by atoms with van der Waals surface area (Å²) >= 11 is 1.41. The van der Waals surface area contributed by atoms with Gasteiger partial charge in [0.2, 0.25) is 0 Å². The summed E-state index contributed by atoms with van der Waals surface area (Å²) in [4.78, 5) is 26.7. The van der Waals surface area contributed by atoms with Crippen LogP contribution in [0.3, 0.4) is 0 Å². The van der Waals surface area contributed by atoms with E-state index in [0.717, 1.165) is 11.1 Å². The number of carbonyl (C=O) groups is 2. The molecule has 0 radical (unpaired) electrons. The van der Waals surface area contributed by atoms with E-state index in [0.29, 0.717) is 82.1 Å². The first-order chi connectivity index (χ1) is 30.9. The third-order valence-corrected chi connectivity index (χ3v) is 11.8. The Morgan fingerprint density at radius 3 is 1.46 bits per heavy atom. The molecule has 6 rings (SSSR count). The summed E-state index contributed by atoms with van der Waals surface area (Å²) in [6.07, 6.45) is -12.7. The highest BCUT2D eigenvalue weighted by molar-refractivity contribution is 7.94. The van der Waals surface area contributed by atoms with Crippen molar-refractivity contribution in [2.24, 2.45) is 0 Å². The number of carbonyl (C=O) groups excluding carboxylic acids is 2. The van der Waals surface area contributed by atoms with Gasteiger partial charge in [-0.05, 0) is 147 Å². The van der Waals surface area contributed by atoms with Crippen molar-refractivity contribution < 1.29 is 63.2 Å². The molecule has 5 aromatic carbocycles. The van der Waals surface area contributed by atoms with Gasteiger partial charge in [0.05, 0.1) is 25.9 Å². The van der Waals surface area contributed by atoms with E-state index >= 15 is 0 Å². The Balaban J connectivity index is 1.14. The molecule has 5 aromatic rings. The molecule has 346 valence electrons. The molecule has 0 aliphatic carbocycles. The van der Waals surface area contributed by atoms with Crippen LogP contribution in [0.25, 0.3) is 0 Å². The Morgan fingerprint density at radius 1 is 0.631 bits per heavy atom. The lowest BCUT2D eigenvalue weighted by molar-refractivity contribution is -0.194. The van der Waals surface area contributed by atoms with Gasteiger partial charge in [0.25, 0.3) is 0 Å². The van der Waals surface area contributed by atoms with Crippen LogP contribution >= 0.6 is 24.1 Å². The Hall–Kier alpha value is -5.36. The van der Waals surface area contributed by atoms with Crippen LogP contribution in [0.1, 0.15) is 85.8 Å². The van der Waals surface area contributed by atoms with Crippen molar-refractivity contribution in [3.63, 3.8) is 0 Å². The predicted molar refractivity (Wildman–Crippen MR) is 238 cm³/mol. The molecule has 0 fully saturated rings. The van der Waals surface area contributed by atoms with Crippen LogP contribution < -0.4 is 19.5 Å². The van der Waals surface area contributed by atoms with Crippen molar-refractivity contribution in [2.45, 2.75) is 71.0 Å². The number of nitrogens with one attached hydrogen (secondary N) is 1. The summed E-state index contributed by atoms with van der Waals surface area (Å²) in [5.74, 6) is -0.773. The van der Waals surface area contributed by atoms with Gasteiger partial charge in [-0.2, -0.15) is 26.3 Å². The second-order valence-electron chi connectivity index (χ2n) is 15.3. The molecule has 0 aromatic heterocycles. The van der Waals surface area contributed by atoms with E-state index in [9.17, 15) is 35.9 Å². The molecule has 1 aliphatic rings. The van der Waals surface area contributed by atoms with E-state index in [1.165, 1.54) is 31.4 Å². The van der Waals surface area contributed by atoms with Gasteiger partial charge in [-0.15, -0.1) is 0 Å². The average Bonchev–Trinajstić information content (AvgIpc) is 3.25. The lowest BCUT2D eigenvalue weighted by Crippen LogP contribution is -2.25. The van der Waals surface area contributed by atoms with E-state index in [4.69, 9.17) is 27.3 Å². The standard InChI is InChI=1S/C48H47F6NO8S2/c1-28-8-12-32(13-9-28)43(47(49,50)51)62-64-22-6-20-59-35-16-18-39-37(26-35)41(46(57)61-42-30(3)24-34(25-31(42)4)45(56)58-5)38-27-36(17-19-40(38)55-39)60-21-7-23-65-63-44(48(52,53)54)33-14-10-29(2)11-15-33/h8-19,24-27,41,43-44,55H,6-7,20-23H2,1-5H3. The molecule has 2 unspecified atom stereocenters. The summed E-state index contributed by atoms with van der Waals surface area (Å²) in [7, 11) is 1.27. The Morgan fingerprint density at radius 2 is 1.06 bits per heavy atom. The fraction of sp³-hybridized carbons (Fsp3) is 0.333. The Labute approximate surface area is 381 Å². The number of esters is 2. The third-order valence-electron chi connectivity index (χ3n) is 10.2. The molecule has 0 saturated heterocycles. The van der Waals surface area contributed by atoms with Crippen LogP contribution in [0.2, 0.25) is 0 Å². The number of fused-ring (bicyclic) bond motifs is 2. The third kappa shape index (κ3) is 12.9. The van der Waals surface area contributed by atoms with E-state index in [2.05, 4.69) is 5.32 Å². The largest absolute Gasteiger partial charge is 0.494 e. The summed E-state index contributed by atoms with van der Waals surface area (Å²) < 4.78 is 116. The van der Waals surface area contributed by atoms with Gasteiger partial charge < -0.3 is 24.3 Å². The zero-order valence-electron chi connectivity index (χ0n) is 36.1. The number of alkyl halides is 6. The first kappa shape index (κ1) is 49.1. The number of methoxy groups -OCH3 is 1. The number of benzene rings is 5. The molecule has 1 heterocycles. The number of anilines is 2. The normalized spacial score (nSPS) is 14.4. The monoisotopic (exact) mass is 943 g/mol. The molecule has 1 aliphatic heterocycles. The summed E-state index contributed by atoms with van der Waals surface area (Å²) in [6, 6.07) is 25.4. The summed E-state index contributed by atoms with van der Waals surface area (Å²) in [5.41, 5.74) is 5.19. The maximum atomic E-state index is 14.4. The topological polar surface area (TPSA) is 102 Å². The van der Waals surface area contributed by atoms with E-state index in [1.54, 1.807) is 100 Å². The molecule has 0 bridgehead atoms. The molecule has 17 heteroatoms. The maximum absolute atomic E-state index is 14.4. The Kier molecular flexibility index (Phi) is 16.4. The van der Waals surface area contributed by atoms with Crippen LogP contribution in [0.5, 0.6) is 17.2 Å². The second kappa shape index (κ2) is 21.8. The molecular formula is C48H47F6NO8S2. The maximum Gasteiger partial charge on any atom is 0.420 e. The first-order valence-corrected chi connectivity index (χ1v) is 22.3. The van der Waals surface area contributed by atoms with Gasteiger partial charge >= 0.3 is 24.3 Å². The van der Waals surface area contributed by atoms with Crippen LogP contribution in [0, 0.1) is 27.7 Å². The minimum atomic E-state index is -4.60. The Bertz CT molecular complexity index is 2280. The van der Waals surface area contributed by atoms with Crippen molar-refractivity contribution >= 4 is 47.4 Å². The minimum absolute atomic E-state index is 0.00591. The zero-order valence-corrected chi connectivity index (χ0v) is 37.7. The predicted octanol–water partition coefficient (Wildman–Crippen LogP) is 13.0. The molecule has 0 saturated carbocycles. The molecule has 0 spiro atoms. The second-order valence-corrected chi connectivity index (χ2v) is 17.0. The average molecular weight is 944 g/mol. The van der Waals surface area contributed by atoms with Crippen LogP contribution in [0.4, 0.5) is 37.7 Å². The number of aryl methyl sites for hydroxylation is 4. The SMILES string of the molecule is COC(=O)c1cc(C)c(OC(=O)C2c3cc(OCCCSOC(c4ccc(C)cc4)C(F)(F)F)ccc3Nc3ccc(OCCCSOC(c4ccc(C)cc4)C(F)(F)F)cc32)c(C)c1.